The first-order valence-electron chi connectivity index (χ1n) is 10.5. The molecule has 0 N–H and O–H groups in total. The summed E-state index contributed by atoms with van der Waals surface area (Å²) in [5.41, 5.74) is 0.871. The Morgan fingerprint density at radius 3 is 2.79 bits per heavy atom. The molecule has 0 aromatic carbocycles. The molecule has 2 bridgehead atoms. The van der Waals surface area contributed by atoms with Crippen molar-refractivity contribution in [3.8, 4) is 11.4 Å². The van der Waals surface area contributed by atoms with Crippen LogP contribution in [0.5, 0.6) is 0 Å². The van der Waals surface area contributed by atoms with Crippen LogP contribution in [0.4, 0.5) is 0 Å². The van der Waals surface area contributed by atoms with Crippen molar-refractivity contribution >= 4 is 5.91 Å². The fourth-order valence-corrected chi connectivity index (χ4v) is 4.58. The number of piperidine rings is 1. The van der Waals surface area contributed by atoms with Crippen molar-refractivity contribution < 1.29 is 9.32 Å². The van der Waals surface area contributed by atoms with Crippen molar-refractivity contribution in [3.05, 3.63) is 30.4 Å². The third-order valence-corrected chi connectivity index (χ3v) is 6.33. The van der Waals surface area contributed by atoms with Gasteiger partial charge in [-0.3, -0.25) is 14.7 Å². The van der Waals surface area contributed by atoms with Crippen LogP contribution in [0.3, 0.4) is 0 Å². The molecule has 7 heteroatoms. The number of fused-ring (bicyclic) bond motifs is 4. The lowest BCUT2D eigenvalue weighted by Crippen LogP contribution is -2.45. The molecule has 4 fully saturated rings. The van der Waals surface area contributed by atoms with Gasteiger partial charge in [-0.25, -0.2) is 0 Å². The number of hydrogen-bond acceptors (Lipinski definition) is 6. The van der Waals surface area contributed by atoms with Crippen molar-refractivity contribution in [3.63, 3.8) is 0 Å². The third-order valence-electron chi connectivity index (χ3n) is 6.33. The minimum Gasteiger partial charge on any atom is -0.341 e. The van der Waals surface area contributed by atoms with Crippen LogP contribution in [0.1, 0.15) is 38.0 Å². The monoisotopic (exact) mass is 381 g/mol. The summed E-state index contributed by atoms with van der Waals surface area (Å²) in [4.78, 5) is 26.1. The second-order valence-electron chi connectivity index (χ2n) is 8.54. The molecule has 3 saturated heterocycles. The highest BCUT2D eigenvalue weighted by Crippen LogP contribution is 2.35. The van der Waals surface area contributed by atoms with Gasteiger partial charge in [0.15, 0.2) is 0 Å². The summed E-state index contributed by atoms with van der Waals surface area (Å²) in [5, 5.41) is 4.02. The second kappa shape index (κ2) is 7.62. The van der Waals surface area contributed by atoms with E-state index in [-0.39, 0.29) is 5.91 Å². The molecule has 5 heterocycles. The molecule has 0 radical (unpaired) electrons. The maximum atomic E-state index is 12.9. The number of rotatable bonds is 6. The third kappa shape index (κ3) is 3.94. The number of aromatic nitrogens is 3. The van der Waals surface area contributed by atoms with Crippen LogP contribution in [0.2, 0.25) is 0 Å². The molecule has 2 atom stereocenters. The van der Waals surface area contributed by atoms with E-state index < -0.39 is 0 Å². The fourth-order valence-electron chi connectivity index (χ4n) is 4.58. The van der Waals surface area contributed by atoms with Gasteiger partial charge in [-0.1, -0.05) is 5.16 Å². The summed E-state index contributed by atoms with van der Waals surface area (Å²) >= 11 is 0. The molecular weight excluding hydrogens is 354 g/mol. The molecule has 28 heavy (non-hydrogen) atoms. The summed E-state index contributed by atoms with van der Waals surface area (Å²) in [5.74, 6) is 2.83. The van der Waals surface area contributed by atoms with Crippen molar-refractivity contribution in [1.29, 1.82) is 0 Å². The minimum atomic E-state index is 0.217. The Balaban J connectivity index is 1.18. The summed E-state index contributed by atoms with van der Waals surface area (Å²) in [6.07, 6.45) is 9.61. The molecule has 1 saturated carbocycles. The van der Waals surface area contributed by atoms with E-state index in [2.05, 4.69) is 24.9 Å². The van der Waals surface area contributed by atoms with Crippen LogP contribution in [-0.2, 0) is 11.2 Å². The number of aryl methyl sites for hydroxylation is 1. The van der Waals surface area contributed by atoms with Crippen LogP contribution in [0.25, 0.3) is 11.4 Å². The molecule has 6 rings (SSSR count). The number of amides is 1. The van der Waals surface area contributed by atoms with Gasteiger partial charge in [0.25, 0.3) is 0 Å². The zero-order chi connectivity index (χ0) is 18.9. The van der Waals surface area contributed by atoms with Crippen LogP contribution < -0.4 is 0 Å². The first kappa shape index (κ1) is 17.8. The minimum absolute atomic E-state index is 0.217. The highest BCUT2D eigenvalue weighted by molar-refractivity contribution is 5.76. The van der Waals surface area contributed by atoms with Gasteiger partial charge in [-0.15, -0.1) is 0 Å². The predicted molar refractivity (Wildman–Crippen MR) is 103 cm³/mol. The Morgan fingerprint density at radius 1 is 1.11 bits per heavy atom. The summed E-state index contributed by atoms with van der Waals surface area (Å²) in [6.45, 7) is 4.20. The first-order valence-corrected chi connectivity index (χ1v) is 10.5. The van der Waals surface area contributed by atoms with Gasteiger partial charge >= 0.3 is 0 Å². The molecule has 2 aromatic heterocycles. The van der Waals surface area contributed by atoms with Crippen molar-refractivity contribution in [2.75, 3.05) is 26.2 Å². The van der Waals surface area contributed by atoms with E-state index >= 15 is 0 Å². The van der Waals surface area contributed by atoms with Gasteiger partial charge in [0.2, 0.25) is 17.6 Å². The number of nitrogens with zero attached hydrogens (tertiary/aromatic N) is 5. The predicted octanol–water partition coefficient (Wildman–Crippen LogP) is 2.40. The highest BCUT2D eigenvalue weighted by Gasteiger charge is 2.38. The van der Waals surface area contributed by atoms with E-state index in [1.807, 2.05) is 12.1 Å². The Labute approximate surface area is 165 Å². The zero-order valence-electron chi connectivity index (χ0n) is 16.2. The van der Waals surface area contributed by atoms with Crippen molar-refractivity contribution in [1.82, 2.24) is 24.9 Å². The number of hydrogen-bond donors (Lipinski definition) is 0. The van der Waals surface area contributed by atoms with E-state index in [4.69, 9.17) is 4.52 Å². The molecule has 1 amide bonds. The molecule has 3 aliphatic heterocycles. The van der Waals surface area contributed by atoms with Crippen molar-refractivity contribution in [2.45, 2.75) is 44.6 Å². The summed E-state index contributed by atoms with van der Waals surface area (Å²) < 4.78 is 5.34. The normalized spacial score (nSPS) is 25.1. The van der Waals surface area contributed by atoms with E-state index in [0.717, 1.165) is 24.6 Å². The standard InChI is InChI=1S/C21H27N5O2/c27-20(6-5-19-23-21(24-28-19)17-7-9-22-10-8-17)26-13-16-3-4-18(14-26)25(12-16)11-15-1-2-15/h7-10,15-16,18H,1-6,11-14H2/t16-,18-/m0/s1. The highest BCUT2D eigenvalue weighted by atomic mass is 16.5. The maximum Gasteiger partial charge on any atom is 0.227 e. The van der Waals surface area contributed by atoms with Gasteiger partial charge in [-0.05, 0) is 49.7 Å². The molecule has 0 unspecified atom stereocenters. The first-order chi connectivity index (χ1) is 13.7. The van der Waals surface area contributed by atoms with Gasteiger partial charge in [0.1, 0.15) is 0 Å². The van der Waals surface area contributed by atoms with E-state index in [1.165, 1.54) is 38.8 Å². The van der Waals surface area contributed by atoms with Gasteiger partial charge in [0.05, 0.1) is 0 Å². The van der Waals surface area contributed by atoms with Gasteiger partial charge < -0.3 is 9.42 Å². The van der Waals surface area contributed by atoms with Crippen LogP contribution >= 0.6 is 0 Å². The van der Waals surface area contributed by atoms with E-state index in [9.17, 15) is 4.79 Å². The number of carbonyl (C=O) groups excluding carboxylic acids is 1. The maximum absolute atomic E-state index is 12.9. The topological polar surface area (TPSA) is 75.4 Å². The van der Waals surface area contributed by atoms with Crippen molar-refractivity contribution in [2.24, 2.45) is 11.8 Å². The number of pyridine rings is 1. The number of carbonyl (C=O) groups is 1. The quantitative estimate of drug-likeness (QED) is 0.765. The smallest absolute Gasteiger partial charge is 0.227 e. The van der Waals surface area contributed by atoms with E-state index in [1.54, 1.807) is 12.4 Å². The lowest BCUT2D eigenvalue weighted by Gasteiger charge is -2.36. The average Bonchev–Trinajstić information content (AvgIpc) is 3.49. The molecule has 1 aliphatic carbocycles. The van der Waals surface area contributed by atoms with Crippen LogP contribution in [0.15, 0.2) is 29.0 Å². The molecular formula is C21H27N5O2. The Hall–Kier alpha value is -2.28. The van der Waals surface area contributed by atoms with Gasteiger partial charge in [0, 0.05) is 63.0 Å². The van der Waals surface area contributed by atoms with Crippen LogP contribution in [0, 0.1) is 11.8 Å². The molecule has 0 spiro atoms. The Kier molecular flexibility index (Phi) is 4.84. The molecule has 4 aliphatic rings. The Bertz CT molecular complexity index is 819. The van der Waals surface area contributed by atoms with Crippen LogP contribution in [-0.4, -0.2) is 63.1 Å². The molecule has 148 valence electrons. The van der Waals surface area contributed by atoms with Gasteiger partial charge in [-0.2, -0.15) is 4.98 Å². The Morgan fingerprint density at radius 2 is 1.96 bits per heavy atom. The lowest BCUT2D eigenvalue weighted by molar-refractivity contribution is -0.131. The largest absolute Gasteiger partial charge is 0.341 e. The average molecular weight is 381 g/mol. The fraction of sp³-hybridized carbons (Fsp3) is 0.619. The molecule has 7 nitrogen and oxygen atoms in total. The molecule has 2 aromatic rings. The summed E-state index contributed by atoms with van der Waals surface area (Å²) in [6, 6.07) is 4.24. The SMILES string of the molecule is O=C(CCc1nc(-c2ccncc2)no1)N1C[C@H]2CC[C@@H](C1)N(CC1CC1)C2. The zero-order valence-corrected chi connectivity index (χ0v) is 16.2. The summed E-state index contributed by atoms with van der Waals surface area (Å²) in [7, 11) is 0. The second-order valence-corrected chi connectivity index (χ2v) is 8.54. The lowest BCUT2D eigenvalue weighted by atomic mass is 9.95. The van der Waals surface area contributed by atoms with E-state index in [0.29, 0.717) is 36.5 Å².